The lowest BCUT2D eigenvalue weighted by Gasteiger charge is -2.04. The zero-order chi connectivity index (χ0) is 19.7. The third kappa shape index (κ3) is 4.66. The van der Waals surface area contributed by atoms with Gasteiger partial charge in [0.2, 0.25) is 10.0 Å². The predicted octanol–water partition coefficient (Wildman–Crippen LogP) is 3.55. The lowest BCUT2D eigenvalue weighted by atomic mass is 10.3. The van der Waals surface area contributed by atoms with Gasteiger partial charge >= 0.3 is 0 Å². The minimum Gasteiger partial charge on any atom is -0.255 e. The van der Waals surface area contributed by atoms with E-state index >= 15 is 0 Å². The highest BCUT2D eigenvalue weighted by Crippen LogP contribution is 2.29. The zero-order valence-corrected chi connectivity index (χ0v) is 18.2. The second-order valence-electron chi connectivity index (χ2n) is 5.61. The van der Waals surface area contributed by atoms with Gasteiger partial charge < -0.3 is 0 Å². The first-order valence-corrected chi connectivity index (χ1v) is 12.5. The maximum absolute atomic E-state index is 12.5. The van der Waals surface area contributed by atoms with E-state index in [-0.39, 0.29) is 14.9 Å². The number of hydrogen-bond acceptors (Lipinski definition) is 6. The largest absolute Gasteiger partial charge is 0.263 e. The summed E-state index contributed by atoms with van der Waals surface area (Å²) in [6, 6.07) is 10.7. The van der Waals surface area contributed by atoms with E-state index in [1.165, 1.54) is 24.3 Å². The molecule has 1 aromatic heterocycles. The second kappa shape index (κ2) is 7.84. The van der Waals surface area contributed by atoms with Gasteiger partial charge in [-0.3, -0.25) is 4.72 Å². The number of nitrogens with zero attached hydrogens (tertiary/aromatic N) is 1. The fourth-order valence-corrected chi connectivity index (χ4v) is 5.86. The molecule has 0 unspecified atom stereocenters. The van der Waals surface area contributed by atoms with Gasteiger partial charge in [0, 0.05) is 11.0 Å². The molecule has 0 atom stereocenters. The van der Waals surface area contributed by atoms with E-state index in [2.05, 4.69) is 30.4 Å². The molecule has 2 aromatic carbocycles. The molecule has 0 fully saturated rings. The van der Waals surface area contributed by atoms with E-state index in [0.29, 0.717) is 23.2 Å². The van der Waals surface area contributed by atoms with E-state index in [9.17, 15) is 16.8 Å². The quantitative estimate of drug-likeness (QED) is 0.527. The van der Waals surface area contributed by atoms with Crippen molar-refractivity contribution in [2.24, 2.45) is 0 Å². The molecular weight excluding hydrogens is 474 g/mol. The summed E-state index contributed by atoms with van der Waals surface area (Å²) in [4.78, 5) is 4.46. The molecule has 144 valence electrons. The molecule has 11 heteroatoms. The number of nitrogens with one attached hydrogen (secondary N) is 2. The maximum Gasteiger partial charge on any atom is 0.263 e. The summed E-state index contributed by atoms with van der Waals surface area (Å²) in [5.41, 5.74) is 0.517. The van der Waals surface area contributed by atoms with Crippen LogP contribution in [-0.4, -0.2) is 28.4 Å². The van der Waals surface area contributed by atoms with Crippen LogP contribution in [0.1, 0.15) is 13.3 Å². The highest BCUT2D eigenvalue weighted by atomic mass is 79.9. The first-order valence-electron chi connectivity index (χ1n) is 7.90. The van der Waals surface area contributed by atoms with Crippen LogP contribution in [0.15, 0.2) is 56.7 Å². The molecule has 0 bridgehead atoms. The van der Waals surface area contributed by atoms with Crippen LogP contribution in [0.25, 0.3) is 10.2 Å². The number of aromatic nitrogens is 1. The van der Waals surface area contributed by atoms with Gasteiger partial charge in [0.15, 0.2) is 5.13 Å². The minimum atomic E-state index is -3.78. The van der Waals surface area contributed by atoms with Crippen LogP contribution in [0.5, 0.6) is 0 Å². The highest BCUT2D eigenvalue weighted by molar-refractivity contribution is 9.10. The van der Waals surface area contributed by atoms with Gasteiger partial charge in [-0.1, -0.05) is 34.2 Å². The van der Waals surface area contributed by atoms with Crippen molar-refractivity contribution < 1.29 is 16.8 Å². The Morgan fingerprint density at radius 1 is 1.00 bits per heavy atom. The summed E-state index contributed by atoms with van der Waals surface area (Å²) in [6.07, 6.45) is 0.685. The SMILES string of the molecule is CCCNS(=O)(=O)c1ccc2nc(NS(=O)(=O)c3ccc(Br)cc3)sc2c1. The summed E-state index contributed by atoms with van der Waals surface area (Å²) in [6.45, 7) is 2.22. The standard InChI is InChI=1S/C16H16BrN3O4S3/c1-2-9-18-26(21,22)13-7-8-14-15(10-13)25-16(19-14)20-27(23,24)12-5-3-11(17)4-6-12/h3-8,10,18H,2,9H2,1H3,(H,19,20). The fourth-order valence-electron chi connectivity index (χ4n) is 2.22. The van der Waals surface area contributed by atoms with E-state index in [4.69, 9.17) is 0 Å². The molecule has 1 heterocycles. The minimum absolute atomic E-state index is 0.108. The number of sulfonamides is 2. The van der Waals surface area contributed by atoms with Gasteiger partial charge in [0.25, 0.3) is 10.0 Å². The van der Waals surface area contributed by atoms with Gasteiger partial charge in [-0.15, -0.1) is 0 Å². The Bertz CT molecular complexity index is 1170. The van der Waals surface area contributed by atoms with Gasteiger partial charge in [0.1, 0.15) is 0 Å². The van der Waals surface area contributed by atoms with Crippen molar-refractivity contribution in [2.45, 2.75) is 23.1 Å². The Labute approximate surface area is 170 Å². The van der Waals surface area contributed by atoms with E-state index in [0.717, 1.165) is 15.8 Å². The van der Waals surface area contributed by atoms with Crippen LogP contribution in [0.2, 0.25) is 0 Å². The van der Waals surface area contributed by atoms with Crippen molar-refractivity contribution in [1.82, 2.24) is 9.71 Å². The van der Waals surface area contributed by atoms with Gasteiger partial charge in [-0.05, 0) is 48.9 Å². The molecule has 7 nitrogen and oxygen atoms in total. The van der Waals surface area contributed by atoms with Crippen LogP contribution in [0, 0.1) is 0 Å². The van der Waals surface area contributed by atoms with E-state index in [1.807, 2.05) is 6.92 Å². The van der Waals surface area contributed by atoms with Crippen LogP contribution in [0.4, 0.5) is 5.13 Å². The normalized spacial score (nSPS) is 12.4. The summed E-state index contributed by atoms with van der Waals surface area (Å²) in [5, 5.41) is 0.170. The van der Waals surface area contributed by atoms with Gasteiger partial charge in [-0.2, -0.15) is 0 Å². The first-order chi connectivity index (χ1) is 12.7. The molecule has 0 amide bonds. The fraction of sp³-hybridized carbons (Fsp3) is 0.188. The summed E-state index contributed by atoms with van der Waals surface area (Å²) in [7, 11) is -7.38. The average molecular weight is 490 g/mol. The monoisotopic (exact) mass is 489 g/mol. The van der Waals surface area contributed by atoms with Crippen molar-refractivity contribution >= 4 is 62.7 Å². The first kappa shape index (κ1) is 20.2. The molecule has 0 saturated carbocycles. The molecule has 3 aromatic rings. The van der Waals surface area contributed by atoms with Crippen LogP contribution < -0.4 is 9.44 Å². The third-order valence-corrected chi connectivity index (χ3v) is 7.96. The molecular formula is C16H16BrN3O4S3. The third-order valence-electron chi connectivity index (χ3n) is 3.56. The molecule has 0 aliphatic heterocycles. The molecule has 0 aliphatic carbocycles. The molecule has 27 heavy (non-hydrogen) atoms. The smallest absolute Gasteiger partial charge is 0.255 e. The molecule has 0 radical (unpaired) electrons. The van der Waals surface area contributed by atoms with Crippen molar-refractivity contribution in [2.75, 3.05) is 11.3 Å². The number of halogens is 1. The van der Waals surface area contributed by atoms with Gasteiger partial charge in [-0.25, -0.2) is 26.5 Å². The second-order valence-corrected chi connectivity index (χ2v) is 11.0. The zero-order valence-electron chi connectivity index (χ0n) is 14.1. The number of rotatable bonds is 7. The van der Waals surface area contributed by atoms with Crippen LogP contribution >= 0.6 is 27.3 Å². The Balaban J connectivity index is 1.90. The van der Waals surface area contributed by atoms with Crippen molar-refractivity contribution in [1.29, 1.82) is 0 Å². The average Bonchev–Trinajstić information content (AvgIpc) is 3.01. The van der Waals surface area contributed by atoms with Crippen molar-refractivity contribution in [3.05, 3.63) is 46.9 Å². The Kier molecular flexibility index (Phi) is 5.87. The Morgan fingerprint density at radius 2 is 1.67 bits per heavy atom. The summed E-state index contributed by atoms with van der Waals surface area (Å²) >= 11 is 4.33. The topological polar surface area (TPSA) is 105 Å². The van der Waals surface area contributed by atoms with Crippen molar-refractivity contribution in [3.8, 4) is 0 Å². The number of thiazole rings is 1. The highest BCUT2D eigenvalue weighted by Gasteiger charge is 2.18. The number of fused-ring (bicyclic) bond motifs is 1. The van der Waals surface area contributed by atoms with E-state index < -0.39 is 20.0 Å². The predicted molar refractivity (Wildman–Crippen MR) is 110 cm³/mol. The number of anilines is 1. The van der Waals surface area contributed by atoms with Crippen molar-refractivity contribution in [3.63, 3.8) is 0 Å². The number of benzene rings is 2. The molecule has 0 saturated heterocycles. The lowest BCUT2D eigenvalue weighted by molar-refractivity contribution is 0.581. The molecule has 0 spiro atoms. The summed E-state index contributed by atoms with van der Waals surface area (Å²) < 4.78 is 55.7. The lowest BCUT2D eigenvalue weighted by Crippen LogP contribution is -2.24. The molecule has 0 aliphatic rings. The van der Waals surface area contributed by atoms with Crippen LogP contribution in [0.3, 0.4) is 0 Å². The van der Waals surface area contributed by atoms with Crippen LogP contribution in [-0.2, 0) is 20.0 Å². The summed E-state index contributed by atoms with van der Waals surface area (Å²) in [5.74, 6) is 0. The maximum atomic E-state index is 12.5. The van der Waals surface area contributed by atoms with Gasteiger partial charge in [0.05, 0.1) is 20.0 Å². The Morgan fingerprint density at radius 3 is 2.33 bits per heavy atom. The Hall–Kier alpha value is -1.53. The molecule has 2 N–H and O–H groups in total. The molecule has 3 rings (SSSR count). The number of hydrogen-bond donors (Lipinski definition) is 2. The van der Waals surface area contributed by atoms with E-state index in [1.54, 1.807) is 18.2 Å².